The second kappa shape index (κ2) is 7.69. The number of nitrogens with one attached hydrogen (secondary N) is 1. The molecule has 0 unspecified atom stereocenters. The number of thiazole rings is 1. The lowest BCUT2D eigenvalue weighted by Crippen LogP contribution is -2.11. The summed E-state index contributed by atoms with van der Waals surface area (Å²) in [5, 5.41) is 7.82. The second-order valence-corrected chi connectivity index (χ2v) is 6.08. The number of anilines is 1. The average molecular weight is 343 g/mol. The normalized spacial score (nSPS) is 10.5. The molecule has 0 atom stereocenters. The highest BCUT2D eigenvalue weighted by Crippen LogP contribution is 2.20. The van der Waals surface area contributed by atoms with Crippen molar-refractivity contribution in [2.45, 2.75) is 19.9 Å². The molecule has 0 fully saturated rings. The topological polar surface area (TPSA) is 81.9 Å². The molecule has 1 amide bonds. The van der Waals surface area contributed by atoms with Gasteiger partial charge in [-0.2, -0.15) is 5.10 Å². The van der Waals surface area contributed by atoms with E-state index in [1.54, 1.807) is 23.3 Å². The van der Waals surface area contributed by atoms with Crippen LogP contribution in [0.25, 0.3) is 0 Å². The summed E-state index contributed by atoms with van der Waals surface area (Å²) in [7, 11) is 0. The van der Waals surface area contributed by atoms with E-state index in [0.717, 1.165) is 11.4 Å². The van der Waals surface area contributed by atoms with Gasteiger partial charge in [0.15, 0.2) is 0 Å². The number of aryl methyl sites for hydroxylation is 1. The van der Waals surface area contributed by atoms with E-state index in [-0.39, 0.29) is 5.91 Å². The summed E-state index contributed by atoms with van der Waals surface area (Å²) in [6.07, 6.45) is 5.56. The number of aromatic nitrogens is 4. The van der Waals surface area contributed by atoms with Gasteiger partial charge in [0.1, 0.15) is 29.9 Å². The molecule has 0 radical (unpaired) electrons. The minimum absolute atomic E-state index is 0.160. The van der Waals surface area contributed by atoms with Crippen molar-refractivity contribution in [2.75, 3.05) is 11.9 Å². The Morgan fingerprint density at radius 3 is 3.08 bits per heavy atom. The van der Waals surface area contributed by atoms with Crippen molar-refractivity contribution < 1.29 is 9.53 Å². The molecule has 24 heavy (non-hydrogen) atoms. The zero-order valence-electron chi connectivity index (χ0n) is 13.2. The average Bonchev–Trinajstić information content (AvgIpc) is 3.27. The first kappa shape index (κ1) is 16.1. The molecule has 0 aliphatic carbocycles. The molecule has 0 saturated heterocycles. The monoisotopic (exact) mass is 343 g/mol. The van der Waals surface area contributed by atoms with Crippen LogP contribution in [0.4, 0.5) is 5.69 Å². The predicted molar refractivity (Wildman–Crippen MR) is 91.4 cm³/mol. The Bertz CT molecular complexity index is 800. The first-order chi connectivity index (χ1) is 11.7. The fourth-order valence-electron chi connectivity index (χ4n) is 2.04. The van der Waals surface area contributed by atoms with E-state index < -0.39 is 0 Å². The van der Waals surface area contributed by atoms with Gasteiger partial charge in [0.25, 0.3) is 5.91 Å². The van der Waals surface area contributed by atoms with Crippen LogP contribution < -0.4 is 10.1 Å². The van der Waals surface area contributed by atoms with Crippen molar-refractivity contribution >= 4 is 22.9 Å². The lowest BCUT2D eigenvalue weighted by Gasteiger charge is -2.08. The minimum Gasteiger partial charge on any atom is -0.492 e. The number of carbonyl (C=O) groups is 1. The summed E-state index contributed by atoms with van der Waals surface area (Å²) in [6.45, 7) is 3.09. The molecule has 0 aliphatic rings. The van der Waals surface area contributed by atoms with Crippen molar-refractivity contribution in [1.29, 1.82) is 0 Å². The molecule has 0 spiro atoms. The zero-order chi connectivity index (χ0) is 16.8. The van der Waals surface area contributed by atoms with Gasteiger partial charge in [-0.25, -0.2) is 14.6 Å². The number of nitrogens with zero attached hydrogens (tertiary/aromatic N) is 4. The Morgan fingerprint density at radius 2 is 2.33 bits per heavy atom. The van der Waals surface area contributed by atoms with E-state index in [2.05, 4.69) is 20.4 Å². The lowest BCUT2D eigenvalue weighted by molar-refractivity contribution is 0.103. The molecule has 0 aliphatic heterocycles. The van der Waals surface area contributed by atoms with Crippen LogP contribution in [0.5, 0.6) is 5.75 Å². The fraction of sp³-hybridized carbons (Fsp3) is 0.250. The third-order valence-electron chi connectivity index (χ3n) is 3.23. The Kier molecular flexibility index (Phi) is 5.17. The van der Waals surface area contributed by atoms with Crippen LogP contribution in [-0.2, 0) is 13.0 Å². The number of benzene rings is 1. The number of hydrogen-bond donors (Lipinski definition) is 1. The maximum Gasteiger partial charge on any atom is 0.267 e. The third-order valence-corrected chi connectivity index (χ3v) is 4.37. The third kappa shape index (κ3) is 4.17. The van der Waals surface area contributed by atoms with Crippen LogP contribution in [0, 0.1) is 0 Å². The Balaban J connectivity index is 1.57. The number of hydrogen-bond acceptors (Lipinski definition) is 6. The summed E-state index contributed by atoms with van der Waals surface area (Å²) in [5.74, 6) is 0.526. The van der Waals surface area contributed by atoms with E-state index in [9.17, 15) is 4.79 Å². The van der Waals surface area contributed by atoms with Crippen LogP contribution in [0.2, 0.25) is 0 Å². The van der Waals surface area contributed by atoms with Crippen molar-refractivity contribution in [3.8, 4) is 5.75 Å². The molecule has 2 aromatic heterocycles. The van der Waals surface area contributed by atoms with Crippen LogP contribution in [0.3, 0.4) is 0 Å². The van der Waals surface area contributed by atoms with Crippen molar-refractivity contribution in [3.05, 3.63) is 53.0 Å². The summed E-state index contributed by atoms with van der Waals surface area (Å²) < 4.78 is 7.37. The van der Waals surface area contributed by atoms with Gasteiger partial charge < -0.3 is 10.1 Å². The lowest BCUT2D eigenvalue weighted by atomic mass is 10.3. The van der Waals surface area contributed by atoms with Crippen molar-refractivity contribution in [1.82, 2.24) is 19.7 Å². The molecule has 2 heterocycles. The Hall–Kier alpha value is -2.74. The molecule has 7 nitrogen and oxygen atoms in total. The van der Waals surface area contributed by atoms with Crippen LogP contribution >= 0.6 is 11.3 Å². The molecular weight excluding hydrogens is 326 g/mol. The van der Waals surface area contributed by atoms with E-state index in [4.69, 9.17) is 4.74 Å². The number of carbonyl (C=O) groups excluding carboxylic acids is 1. The molecule has 1 N–H and O–H groups in total. The standard InChI is InChI=1S/C16H17N5O2S/c1-2-15-18-9-14(24-15)16(22)20-12-4-3-5-13(8-12)23-7-6-21-11-17-10-19-21/h3-5,8-11H,2,6-7H2,1H3,(H,20,22). The van der Waals surface area contributed by atoms with Gasteiger partial charge in [-0.3, -0.25) is 4.79 Å². The molecule has 3 rings (SSSR count). The highest BCUT2D eigenvalue weighted by molar-refractivity contribution is 7.13. The highest BCUT2D eigenvalue weighted by Gasteiger charge is 2.10. The number of amides is 1. The van der Waals surface area contributed by atoms with Gasteiger partial charge in [-0.15, -0.1) is 11.3 Å². The number of rotatable bonds is 7. The van der Waals surface area contributed by atoms with Gasteiger partial charge in [0.05, 0.1) is 17.7 Å². The fourth-order valence-corrected chi connectivity index (χ4v) is 2.79. The minimum atomic E-state index is -0.160. The maximum atomic E-state index is 12.2. The zero-order valence-corrected chi connectivity index (χ0v) is 14.0. The summed E-state index contributed by atoms with van der Waals surface area (Å²) >= 11 is 1.41. The van der Waals surface area contributed by atoms with E-state index in [0.29, 0.717) is 29.5 Å². The molecule has 8 heteroatoms. The maximum absolute atomic E-state index is 12.2. The smallest absolute Gasteiger partial charge is 0.267 e. The molecule has 0 bridgehead atoms. The van der Waals surface area contributed by atoms with Gasteiger partial charge >= 0.3 is 0 Å². The Labute approximate surface area is 143 Å². The Morgan fingerprint density at radius 1 is 1.42 bits per heavy atom. The second-order valence-electron chi connectivity index (χ2n) is 4.96. The van der Waals surface area contributed by atoms with Gasteiger partial charge in [-0.1, -0.05) is 13.0 Å². The van der Waals surface area contributed by atoms with Gasteiger partial charge in [0, 0.05) is 11.8 Å². The first-order valence-electron chi connectivity index (χ1n) is 7.56. The first-order valence-corrected chi connectivity index (χ1v) is 8.37. The van der Waals surface area contributed by atoms with E-state index >= 15 is 0 Å². The van der Waals surface area contributed by atoms with Crippen molar-refractivity contribution in [3.63, 3.8) is 0 Å². The highest BCUT2D eigenvalue weighted by atomic mass is 32.1. The SMILES string of the molecule is CCc1ncc(C(=O)Nc2cccc(OCCn3cncn3)c2)s1. The molecule has 3 aromatic rings. The predicted octanol–water partition coefficient (Wildman–Crippen LogP) is 2.63. The summed E-state index contributed by atoms with van der Waals surface area (Å²) in [6, 6.07) is 7.30. The van der Waals surface area contributed by atoms with E-state index in [1.807, 2.05) is 25.1 Å². The van der Waals surface area contributed by atoms with Crippen LogP contribution in [0.1, 0.15) is 21.6 Å². The quantitative estimate of drug-likeness (QED) is 0.713. The summed E-state index contributed by atoms with van der Waals surface area (Å²) in [4.78, 5) is 20.9. The van der Waals surface area contributed by atoms with Crippen LogP contribution in [-0.4, -0.2) is 32.3 Å². The van der Waals surface area contributed by atoms with Crippen molar-refractivity contribution in [2.24, 2.45) is 0 Å². The molecule has 1 aromatic carbocycles. The molecule has 0 saturated carbocycles. The summed E-state index contributed by atoms with van der Waals surface area (Å²) in [5.41, 5.74) is 0.685. The van der Waals surface area contributed by atoms with Gasteiger partial charge in [0.2, 0.25) is 0 Å². The van der Waals surface area contributed by atoms with Gasteiger partial charge in [-0.05, 0) is 18.6 Å². The van der Waals surface area contributed by atoms with E-state index in [1.165, 1.54) is 17.7 Å². The largest absolute Gasteiger partial charge is 0.492 e. The van der Waals surface area contributed by atoms with Crippen LogP contribution in [0.15, 0.2) is 43.1 Å². The molecular formula is C16H17N5O2S. The molecule has 124 valence electrons. The number of ether oxygens (including phenoxy) is 1.